The fraction of sp³-hybridized carbons (Fsp3) is 0.500. The highest BCUT2D eigenvalue weighted by atomic mass is 32.1. The Morgan fingerprint density at radius 3 is 2.74 bits per heavy atom. The third-order valence-corrected chi connectivity index (χ3v) is 9.56. The van der Waals surface area contributed by atoms with Crippen LogP contribution in [0.3, 0.4) is 0 Å². The van der Waals surface area contributed by atoms with E-state index in [1.165, 1.54) is 55.9 Å². The van der Waals surface area contributed by atoms with Gasteiger partial charge in [-0.2, -0.15) is 5.10 Å². The largest absolute Gasteiger partial charge is 0.369 e. The van der Waals surface area contributed by atoms with Crippen LogP contribution in [0.25, 0.3) is 27.1 Å². The van der Waals surface area contributed by atoms with Gasteiger partial charge >= 0.3 is 0 Å². The van der Waals surface area contributed by atoms with Gasteiger partial charge in [0.05, 0.1) is 12.2 Å². The summed E-state index contributed by atoms with van der Waals surface area (Å²) in [4.78, 5) is 24.9. The summed E-state index contributed by atoms with van der Waals surface area (Å²) in [6.07, 6.45) is 6.13. The van der Waals surface area contributed by atoms with E-state index in [0.29, 0.717) is 30.3 Å². The highest BCUT2D eigenvalue weighted by Gasteiger charge is 2.47. The van der Waals surface area contributed by atoms with Crippen molar-refractivity contribution in [1.82, 2.24) is 24.5 Å². The predicted molar refractivity (Wildman–Crippen MR) is 136 cm³/mol. The summed E-state index contributed by atoms with van der Waals surface area (Å²) in [5.41, 5.74) is 14.0. The number of likely N-dealkylation sites (tertiary alicyclic amines) is 1. The number of rotatable bonds is 5. The van der Waals surface area contributed by atoms with Crippen LogP contribution in [0.5, 0.6) is 0 Å². The van der Waals surface area contributed by atoms with E-state index in [0.717, 1.165) is 17.8 Å². The second kappa shape index (κ2) is 7.65. The van der Waals surface area contributed by atoms with Crippen LogP contribution in [0, 0.1) is 26.7 Å². The summed E-state index contributed by atoms with van der Waals surface area (Å²) >= 11 is 1.91. The van der Waals surface area contributed by atoms with Gasteiger partial charge in [0.2, 0.25) is 5.91 Å². The molecule has 4 aromatic rings. The van der Waals surface area contributed by atoms with E-state index >= 15 is 0 Å². The van der Waals surface area contributed by atoms with Crippen LogP contribution < -0.4 is 5.73 Å². The lowest BCUT2D eigenvalue weighted by Crippen LogP contribution is -2.42. The fourth-order valence-electron chi connectivity index (χ4n) is 6.65. The Labute approximate surface area is 203 Å². The van der Waals surface area contributed by atoms with Gasteiger partial charge in [0.25, 0.3) is 0 Å². The van der Waals surface area contributed by atoms with Gasteiger partial charge in [-0.15, -0.1) is 11.3 Å². The fourth-order valence-corrected chi connectivity index (χ4v) is 8.05. The smallest absolute Gasteiger partial charge is 0.231 e. The second-order valence-electron chi connectivity index (χ2n) is 10.6. The number of piperidine rings is 1. The first kappa shape index (κ1) is 21.8. The second-order valence-corrected chi connectivity index (χ2v) is 11.6. The van der Waals surface area contributed by atoms with Crippen molar-refractivity contribution in [3.63, 3.8) is 0 Å². The number of nitrogens with two attached hydrogens (primary N) is 1. The molecule has 1 amide bonds. The zero-order valence-corrected chi connectivity index (χ0v) is 21.3. The highest BCUT2D eigenvalue weighted by Crippen LogP contribution is 2.52. The Kier molecular flexibility index (Phi) is 4.90. The molecule has 6 rings (SSSR count). The molecule has 7 nitrogen and oxygen atoms in total. The number of H-pyrrole nitrogens is 1. The van der Waals surface area contributed by atoms with Gasteiger partial charge in [-0.1, -0.05) is 13.8 Å². The summed E-state index contributed by atoms with van der Waals surface area (Å²) in [6, 6.07) is 0.431. The number of nitrogens with zero attached hydrogens (tertiary/aromatic N) is 4. The molecule has 1 saturated heterocycles. The number of amides is 1. The molecule has 2 bridgehead atoms. The zero-order valence-electron chi connectivity index (χ0n) is 20.5. The molecular formula is C26H32N6OS. The number of fused-ring (bicyclic) bond motifs is 4. The molecule has 5 heterocycles. The first-order chi connectivity index (χ1) is 16.2. The SMILES string of the molecule is Cc1c(-c2[nH]c3sc(C4CC5C[C@@H]4N(CC(N)=O)C5)c(C)c3c2C(C)C)cn2ncnc2c1C. The Balaban J connectivity index is 1.48. The van der Waals surface area contributed by atoms with Crippen molar-refractivity contribution >= 4 is 33.1 Å². The minimum atomic E-state index is -0.219. The normalized spacial score (nSPS) is 22.7. The number of nitrogens with one attached hydrogen (secondary N) is 1. The molecule has 2 fully saturated rings. The van der Waals surface area contributed by atoms with Crippen LogP contribution in [-0.4, -0.2) is 49.5 Å². The van der Waals surface area contributed by atoms with Gasteiger partial charge in [-0.25, -0.2) is 9.50 Å². The number of hydrogen-bond acceptors (Lipinski definition) is 5. The van der Waals surface area contributed by atoms with Crippen molar-refractivity contribution in [3.05, 3.63) is 39.7 Å². The maximum Gasteiger partial charge on any atom is 0.231 e. The third-order valence-electron chi connectivity index (χ3n) is 8.22. The first-order valence-electron chi connectivity index (χ1n) is 12.2. The van der Waals surface area contributed by atoms with E-state index in [1.807, 2.05) is 15.9 Å². The maximum atomic E-state index is 11.6. The van der Waals surface area contributed by atoms with Crippen molar-refractivity contribution in [2.75, 3.05) is 13.1 Å². The lowest BCUT2D eigenvalue weighted by molar-refractivity contribution is -0.119. The van der Waals surface area contributed by atoms with Crippen LogP contribution in [0.2, 0.25) is 0 Å². The molecule has 2 unspecified atom stereocenters. The van der Waals surface area contributed by atoms with E-state index in [4.69, 9.17) is 5.73 Å². The highest BCUT2D eigenvalue weighted by molar-refractivity contribution is 7.19. The molecular weight excluding hydrogens is 444 g/mol. The van der Waals surface area contributed by atoms with Crippen LogP contribution in [0.15, 0.2) is 12.5 Å². The lowest BCUT2D eigenvalue weighted by Gasteiger charge is -2.32. The van der Waals surface area contributed by atoms with Gasteiger partial charge in [-0.3, -0.25) is 9.69 Å². The van der Waals surface area contributed by atoms with Crippen molar-refractivity contribution in [3.8, 4) is 11.3 Å². The Morgan fingerprint density at radius 1 is 1.24 bits per heavy atom. The van der Waals surface area contributed by atoms with E-state index in [9.17, 15) is 4.79 Å². The van der Waals surface area contributed by atoms with Gasteiger partial charge < -0.3 is 10.7 Å². The number of aromatic nitrogens is 4. The van der Waals surface area contributed by atoms with Crippen LogP contribution in [0.4, 0.5) is 0 Å². The van der Waals surface area contributed by atoms with Gasteiger partial charge in [-0.05, 0) is 67.7 Å². The molecule has 4 aromatic heterocycles. The van der Waals surface area contributed by atoms with Crippen molar-refractivity contribution in [1.29, 1.82) is 0 Å². The average molecular weight is 477 g/mol. The number of primary amides is 1. The van der Waals surface area contributed by atoms with Crippen LogP contribution in [-0.2, 0) is 4.79 Å². The Bertz CT molecular complexity index is 1440. The van der Waals surface area contributed by atoms with Gasteiger partial charge in [0.1, 0.15) is 11.2 Å². The van der Waals surface area contributed by atoms with Crippen LogP contribution >= 0.6 is 11.3 Å². The number of hydrogen-bond donors (Lipinski definition) is 2. The summed E-state index contributed by atoms with van der Waals surface area (Å²) < 4.78 is 1.89. The number of pyridine rings is 1. The molecule has 0 spiro atoms. The molecule has 2 aliphatic rings. The topological polar surface area (TPSA) is 92.3 Å². The van der Waals surface area contributed by atoms with Crippen LogP contribution in [0.1, 0.15) is 65.7 Å². The standard InChI is InChI=1S/C26H32N6OS/c1-12(2)21-22-15(5)24(17-6-16-7-19(17)31(8-16)10-20(27)33)34-26(22)30-23(21)18-9-32-25(28-11-29-32)14(4)13(18)3/h9,11-12,16-17,19,30H,6-8,10H2,1-5H3,(H2,27,33)/t16?,17?,19-/m0/s1. The molecule has 8 heteroatoms. The lowest BCUT2D eigenvalue weighted by atomic mass is 9.90. The number of carbonyl (C=O) groups excluding carboxylic acids is 1. The van der Waals surface area contributed by atoms with Gasteiger partial charge in [0.15, 0.2) is 5.65 Å². The van der Waals surface area contributed by atoms with Crippen molar-refractivity contribution < 1.29 is 4.79 Å². The number of aryl methyl sites for hydroxylation is 2. The summed E-state index contributed by atoms with van der Waals surface area (Å²) in [5, 5.41) is 5.79. The monoisotopic (exact) mass is 476 g/mol. The van der Waals surface area contributed by atoms with E-state index in [1.54, 1.807) is 6.33 Å². The molecule has 1 saturated carbocycles. The summed E-state index contributed by atoms with van der Waals surface area (Å²) in [5.74, 6) is 1.32. The predicted octanol–water partition coefficient (Wildman–Crippen LogP) is 4.65. The molecule has 1 aliphatic carbocycles. The molecule has 0 radical (unpaired) electrons. The van der Waals surface area contributed by atoms with E-state index in [-0.39, 0.29) is 5.91 Å². The Hall–Kier alpha value is -2.71. The van der Waals surface area contributed by atoms with Gasteiger partial charge in [0, 0.05) is 40.5 Å². The number of thiophene rings is 1. The minimum absolute atomic E-state index is 0.219. The quantitative estimate of drug-likeness (QED) is 0.438. The molecule has 3 atom stereocenters. The zero-order chi connectivity index (χ0) is 23.9. The van der Waals surface area contributed by atoms with E-state index in [2.05, 4.69) is 60.8 Å². The first-order valence-corrected chi connectivity index (χ1v) is 13.0. The van der Waals surface area contributed by atoms with E-state index < -0.39 is 0 Å². The number of carbonyl (C=O) groups is 1. The third kappa shape index (κ3) is 3.08. The summed E-state index contributed by atoms with van der Waals surface area (Å²) in [6.45, 7) is 12.6. The molecule has 1 aliphatic heterocycles. The molecule has 34 heavy (non-hydrogen) atoms. The van der Waals surface area contributed by atoms with Crippen molar-refractivity contribution in [2.24, 2.45) is 11.7 Å². The number of aromatic amines is 1. The Morgan fingerprint density at radius 2 is 2.03 bits per heavy atom. The molecule has 0 aromatic carbocycles. The minimum Gasteiger partial charge on any atom is -0.369 e. The summed E-state index contributed by atoms with van der Waals surface area (Å²) in [7, 11) is 0. The molecule has 178 valence electrons. The average Bonchev–Trinajstić information content (AvgIpc) is 3.57. The molecule has 3 N–H and O–H groups in total. The maximum absolute atomic E-state index is 11.6. The van der Waals surface area contributed by atoms with Crippen molar-refractivity contribution in [2.45, 2.75) is 65.3 Å².